The number of halogens is 2. The van der Waals surface area contributed by atoms with E-state index in [0.29, 0.717) is 23.8 Å². The van der Waals surface area contributed by atoms with Gasteiger partial charge in [0.1, 0.15) is 17.3 Å². The lowest BCUT2D eigenvalue weighted by Crippen LogP contribution is -1.97. The van der Waals surface area contributed by atoms with Crippen LogP contribution in [-0.2, 0) is 0 Å². The number of nitrogen functional groups attached to an aromatic ring is 1. The van der Waals surface area contributed by atoms with E-state index in [1.807, 2.05) is 6.92 Å². The van der Waals surface area contributed by atoms with Gasteiger partial charge in [-0.05, 0) is 18.6 Å². The van der Waals surface area contributed by atoms with Gasteiger partial charge in [0, 0.05) is 30.0 Å². The summed E-state index contributed by atoms with van der Waals surface area (Å²) in [6.45, 7) is 2.52. The Bertz CT molecular complexity index is 602. The Morgan fingerprint density at radius 2 is 1.80 bits per heavy atom. The zero-order valence-electron chi connectivity index (χ0n) is 11.0. The van der Waals surface area contributed by atoms with Crippen LogP contribution in [0.3, 0.4) is 0 Å². The van der Waals surface area contributed by atoms with Crippen molar-refractivity contribution >= 4 is 5.69 Å². The lowest BCUT2D eigenvalue weighted by molar-refractivity contribution is 0.315. The summed E-state index contributed by atoms with van der Waals surface area (Å²) in [4.78, 5) is 0. The van der Waals surface area contributed by atoms with Crippen LogP contribution >= 0.6 is 0 Å². The molecule has 0 spiro atoms. The molecule has 0 bridgehead atoms. The van der Waals surface area contributed by atoms with Crippen LogP contribution in [0, 0.1) is 11.6 Å². The molecule has 2 N–H and O–H groups in total. The van der Waals surface area contributed by atoms with Gasteiger partial charge in [0.05, 0.1) is 6.61 Å². The first-order chi connectivity index (χ1) is 9.58. The maximum atomic E-state index is 13.5. The maximum Gasteiger partial charge on any atom is 0.165 e. The van der Waals surface area contributed by atoms with Gasteiger partial charge in [-0.1, -0.05) is 6.92 Å². The van der Waals surface area contributed by atoms with Crippen LogP contribution in [0.15, 0.2) is 36.4 Å². The molecule has 2 aromatic rings. The quantitative estimate of drug-likeness (QED) is 0.837. The van der Waals surface area contributed by atoms with E-state index in [0.717, 1.165) is 24.6 Å². The summed E-state index contributed by atoms with van der Waals surface area (Å²) in [6, 6.07) is 7.75. The van der Waals surface area contributed by atoms with Gasteiger partial charge in [-0.15, -0.1) is 0 Å². The van der Waals surface area contributed by atoms with E-state index in [2.05, 4.69) is 0 Å². The normalized spacial score (nSPS) is 10.3. The summed E-state index contributed by atoms with van der Waals surface area (Å²) in [5, 5.41) is 0. The number of anilines is 1. The van der Waals surface area contributed by atoms with Gasteiger partial charge in [0.25, 0.3) is 0 Å². The number of ether oxygens (including phenoxy) is 2. The van der Waals surface area contributed by atoms with Crippen LogP contribution in [0.5, 0.6) is 17.2 Å². The highest BCUT2D eigenvalue weighted by Gasteiger charge is 2.08. The van der Waals surface area contributed by atoms with Crippen molar-refractivity contribution in [3.8, 4) is 17.2 Å². The summed E-state index contributed by atoms with van der Waals surface area (Å²) in [5.41, 5.74) is 6.15. The van der Waals surface area contributed by atoms with Crippen molar-refractivity contribution in [1.29, 1.82) is 0 Å². The van der Waals surface area contributed by atoms with Gasteiger partial charge in [-0.3, -0.25) is 0 Å². The predicted octanol–water partition coefficient (Wildman–Crippen LogP) is 4.13. The van der Waals surface area contributed by atoms with Gasteiger partial charge in [-0.25, -0.2) is 8.78 Å². The van der Waals surface area contributed by atoms with Gasteiger partial charge in [0.2, 0.25) is 0 Å². The fourth-order valence-corrected chi connectivity index (χ4v) is 1.64. The Morgan fingerprint density at radius 3 is 2.55 bits per heavy atom. The molecule has 0 amide bonds. The molecule has 0 aliphatic heterocycles. The minimum absolute atomic E-state index is 0.197. The lowest BCUT2D eigenvalue weighted by Gasteiger charge is -2.10. The highest BCUT2D eigenvalue weighted by atomic mass is 19.1. The molecule has 0 atom stereocenters. The van der Waals surface area contributed by atoms with E-state index < -0.39 is 11.6 Å². The van der Waals surface area contributed by atoms with E-state index in [9.17, 15) is 8.78 Å². The molecule has 0 heterocycles. The van der Waals surface area contributed by atoms with Crippen LogP contribution < -0.4 is 15.2 Å². The highest BCUT2D eigenvalue weighted by molar-refractivity contribution is 5.51. The van der Waals surface area contributed by atoms with Crippen LogP contribution in [-0.4, -0.2) is 6.61 Å². The molecule has 0 aliphatic carbocycles. The summed E-state index contributed by atoms with van der Waals surface area (Å²) in [7, 11) is 0. The van der Waals surface area contributed by atoms with Crippen LogP contribution in [0.25, 0.3) is 0 Å². The molecular formula is C15H15F2NO2. The molecule has 0 aromatic heterocycles. The van der Waals surface area contributed by atoms with Gasteiger partial charge in [-0.2, -0.15) is 0 Å². The number of nitrogens with two attached hydrogens (primary N) is 1. The van der Waals surface area contributed by atoms with Crippen molar-refractivity contribution in [2.24, 2.45) is 0 Å². The third-order valence-electron chi connectivity index (χ3n) is 2.50. The van der Waals surface area contributed by atoms with E-state index in [1.165, 1.54) is 6.07 Å². The molecule has 0 fully saturated rings. The first kappa shape index (κ1) is 14.1. The highest BCUT2D eigenvalue weighted by Crippen LogP contribution is 2.30. The smallest absolute Gasteiger partial charge is 0.165 e. The summed E-state index contributed by atoms with van der Waals surface area (Å²) in [6.07, 6.45) is 0.851. The molecule has 0 aliphatic rings. The largest absolute Gasteiger partial charge is 0.493 e. The second-order valence-electron chi connectivity index (χ2n) is 4.26. The molecule has 2 aromatic carbocycles. The third-order valence-corrected chi connectivity index (χ3v) is 2.50. The number of hydrogen-bond acceptors (Lipinski definition) is 3. The van der Waals surface area contributed by atoms with E-state index in [-0.39, 0.29) is 5.75 Å². The molecule has 0 saturated heterocycles. The van der Waals surface area contributed by atoms with Gasteiger partial charge < -0.3 is 15.2 Å². The maximum absolute atomic E-state index is 13.5. The topological polar surface area (TPSA) is 44.5 Å². The fraction of sp³-hybridized carbons (Fsp3) is 0.200. The molecule has 106 valence electrons. The Morgan fingerprint density at radius 1 is 1.05 bits per heavy atom. The Balaban J connectivity index is 2.24. The minimum Gasteiger partial charge on any atom is -0.493 e. The molecular weight excluding hydrogens is 264 g/mol. The number of benzene rings is 2. The number of hydrogen-bond donors (Lipinski definition) is 1. The third kappa shape index (κ3) is 3.60. The Kier molecular flexibility index (Phi) is 4.40. The molecule has 0 unspecified atom stereocenters. The monoisotopic (exact) mass is 279 g/mol. The van der Waals surface area contributed by atoms with Crippen LogP contribution in [0.1, 0.15) is 13.3 Å². The van der Waals surface area contributed by atoms with Crippen molar-refractivity contribution in [1.82, 2.24) is 0 Å². The summed E-state index contributed by atoms with van der Waals surface area (Å²) >= 11 is 0. The zero-order valence-corrected chi connectivity index (χ0v) is 11.0. The lowest BCUT2D eigenvalue weighted by atomic mass is 10.2. The molecule has 20 heavy (non-hydrogen) atoms. The average molecular weight is 279 g/mol. The fourth-order valence-electron chi connectivity index (χ4n) is 1.64. The first-order valence-electron chi connectivity index (χ1n) is 6.24. The Labute approximate surface area is 115 Å². The van der Waals surface area contributed by atoms with Crippen molar-refractivity contribution in [3.05, 3.63) is 48.0 Å². The van der Waals surface area contributed by atoms with E-state index >= 15 is 0 Å². The zero-order chi connectivity index (χ0) is 14.5. The predicted molar refractivity (Wildman–Crippen MR) is 73.1 cm³/mol. The van der Waals surface area contributed by atoms with Crippen LogP contribution in [0.2, 0.25) is 0 Å². The molecule has 0 saturated carbocycles. The molecule has 5 heteroatoms. The van der Waals surface area contributed by atoms with Crippen molar-refractivity contribution < 1.29 is 18.3 Å². The molecule has 0 radical (unpaired) electrons. The van der Waals surface area contributed by atoms with Gasteiger partial charge >= 0.3 is 0 Å². The second kappa shape index (κ2) is 6.23. The molecule has 3 nitrogen and oxygen atoms in total. The second-order valence-corrected chi connectivity index (χ2v) is 4.26. The standard InChI is InChI=1S/C15H15F2NO2/c1-2-5-19-12-7-11(18)8-13(9-12)20-15-6-10(16)3-4-14(15)17/h3-4,6-9H,2,5,18H2,1H3. The summed E-state index contributed by atoms with van der Waals surface area (Å²) < 4.78 is 37.3. The Hall–Kier alpha value is -2.30. The first-order valence-corrected chi connectivity index (χ1v) is 6.24. The van der Waals surface area contributed by atoms with E-state index in [4.69, 9.17) is 15.2 Å². The minimum atomic E-state index is -0.648. The van der Waals surface area contributed by atoms with Crippen molar-refractivity contribution in [2.45, 2.75) is 13.3 Å². The average Bonchev–Trinajstić information content (AvgIpc) is 2.40. The van der Waals surface area contributed by atoms with Gasteiger partial charge in [0.15, 0.2) is 11.6 Å². The number of rotatable bonds is 5. The molecule has 2 rings (SSSR count). The summed E-state index contributed by atoms with van der Waals surface area (Å²) in [5.74, 6) is -0.603. The van der Waals surface area contributed by atoms with Crippen molar-refractivity contribution in [2.75, 3.05) is 12.3 Å². The SMILES string of the molecule is CCCOc1cc(N)cc(Oc2cc(F)ccc2F)c1. The van der Waals surface area contributed by atoms with E-state index in [1.54, 1.807) is 12.1 Å². The van der Waals surface area contributed by atoms with Crippen molar-refractivity contribution in [3.63, 3.8) is 0 Å². The van der Waals surface area contributed by atoms with Crippen LogP contribution in [0.4, 0.5) is 14.5 Å².